The molecule has 126 valence electrons. The zero-order valence-corrected chi connectivity index (χ0v) is 14.0. The number of carboxylic acids is 2. The number of hydrogen-bond acceptors (Lipinski definition) is 3. The highest BCUT2D eigenvalue weighted by molar-refractivity contribution is 5.93. The normalized spacial score (nSPS) is 27.3. The summed E-state index contributed by atoms with van der Waals surface area (Å²) in [4.78, 5) is 23.6. The van der Waals surface area contributed by atoms with Crippen LogP contribution < -0.4 is 0 Å². The lowest BCUT2D eigenvalue weighted by Crippen LogP contribution is -2.34. The second kappa shape index (κ2) is 5.87. The van der Waals surface area contributed by atoms with Crippen LogP contribution >= 0.6 is 0 Å². The molecule has 2 rings (SSSR count). The molecule has 1 saturated carbocycles. The highest BCUT2D eigenvalue weighted by atomic mass is 16.4. The van der Waals surface area contributed by atoms with Gasteiger partial charge in [-0.3, -0.25) is 4.79 Å². The van der Waals surface area contributed by atoms with Gasteiger partial charge in [-0.1, -0.05) is 19.9 Å². The van der Waals surface area contributed by atoms with Crippen molar-refractivity contribution in [3.05, 3.63) is 28.8 Å². The third kappa shape index (κ3) is 2.80. The molecule has 1 fully saturated rings. The summed E-state index contributed by atoms with van der Waals surface area (Å²) in [5.74, 6) is -2.57. The van der Waals surface area contributed by atoms with Crippen molar-refractivity contribution in [2.75, 3.05) is 0 Å². The van der Waals surface area contributed by atoms with Gasteiger partial charge in [0.15, 0.2) is 0 Å². The van der Waals surface area contributed by atoms with E-state index in [-0.39, 0.29) is 23.1 Å². The van der Waals surface area contributed by atoms with Gasteiger partial charge < -0.3 is 15.3 Å². The van der Waals surface area contributed by atoms with Crippen LogP contribution in [-0.2, 0) is 4.79 Å². The maximum atomic E-state index is 11.9. The quantitative estimate of drug-likeness (QED) is 0.787. The van der Waals surface area contributed by atoms with Crippen molar-refractivity contribution >= 4 is 11.9 Å². The van der Waals surface area contributed by atoms with Gasteiger partial charge in [0.1, 0.15) is 11.3 Å². The number of benzene rings is 1. The summed E-state index contributed by atoms with van der Waals surface area (Å²) in [6.45, 7) is 7.52. The van der Waals surface area contributed by atoms with E-state index in [0.29, 0.717) is 12.0 Å². The van der Waals surface area contributed by atoms with E-state index < -0.39 is 23.3 Å². The van der Waals surface area contributed by atoms with E-state index in [1.54, 1.807) is 19.9 Å². The van der Waals surface area contributed by atoms with Gasteiger partial charge in [-0.2, -0.15) is 0 Å². The Morgan fingerprint density at radius 2 is 1.87 bits per heavy atom. The van der Waals surface area contributed by atoms with E-state index in [2.05, 4.69) is 0 Å². The molecule has 0 aliphatic heterocycles. The first-order valence-corrected chi connectivity index (χ1v) is 7.89. The molecular weight excluding hydrogens is 296 g/mol. The van der Waals surface area contributed by atoms with Crippen LogP contribution in [-0.4, -0.2) is 27.3 Å². The lowest BCUT2D eigenvalue weighted by atomic mass is 9.69. The lowest BCUT2D eigenvalue weighted by molar-refractivity contribution is -0.148. The molecule has 3 N–H and O–H groups in total. The molecule has 0 aromatic heterocycles. The Balaban J connectivity index is 2.73. The Morgan fingerprint density at radius 3 is 2.35 bits per heavy atom. The molecule has 0 radical (unpaired) electrons. The maximum absolute atomic E-state index is 11.9. The number of aliphatic carboxylic acids is 1. The van der Waals surface area contributed by atoms with Crippen LogP contribution in [0.5, 0.6) is 5.75 Å². The Kier molecular flexibility index (Phi) is 4.42. The standard InChI is InChI=1S/C18H24O5/c1-9(2)11-5-6-18(4,17(22)23)15(11)12-7-10(3)8-13(19)14(12)16(20)21/h7-9,11,15,19H,5-6H2,1-4H3,(H,20,21)(H,22,23)/t11-,15-,18-/m1/s1. The molecule has 0 heterocycles. The van der Waals surface area contributed by atoms with Gasteiger partial charge in [0, 0.05) is 5.92 Å². The van der Waals surface area contributed by atoms with Crippen molar-refractivity contribution in [1.82, 2.24) is 0 Å². The molecule has 5 heteroatoms. The number of carbonyl (C=O) groups is 2. The Hall–Kier alpha value is -2.04. The predicted octanol–water partition coefficient (Wildman–Crippen LogP) is 3.64. The van der Waals surface area contributed by atoms with Gasteiger partial charge in [-0.05, 0) is 55.7 Å². The number of aryl methyl sites for hydroxylation is 1. The molecule has 3 atom stereocenters. The SMILES string of the molecule is Cc1cc(O)c(C(=O)O)c([C@H]2[C@@H](C(C)C)CC[C@@]2(C)C(=O)O)c1. The van der Waals surface area contributed by atoms with Crippen LogP contribution in [0.15, 0.2) is 12.1 Å². The Morgan fingerprint density at radius 1 is 1.26 bits per heavy atom. The fourth-order valence-corrected chi connectivity index (χ4v) is 4.07. The van der Waals surface area contributed by atoms with Crippen molar-refractivity contribution in [2.24, 2.45) is 17.3 Å². The third-order valence-electron chi connectivity index (χ3n) is 5.30. The number of phenols is 1. The smallest absolute Gasteiger partial charge is 0.339 e. The van der Waals surface area contributed by atoms with Crippen molar-refractivity contribution in [3.63, 3.8) is 0 Å². The molecule has 23 heavy (non-hydrogen) atoms. The van der Waals surface area contributed by atoms with Crippen LogP contribution in [0.3, 0.4) is 0 Å². The van der Waals surface area contributed by atoms with Gasteiger partial charge in [-0.15, -0.1) is 0 Å². The molecular formula is C18H24O5. The number of carboxylic acid groups (broad SMARTS) is 2. The first-order valence-electron chi connectivity index (χ1n) is 7.89. The first kappa shape index (κ1) is 17.3. The molecule has 0 spiro atoms. The summed E-state index contributed by atoms with van der Waals surface area (Å²) in [6, 6.07) is 3.13. The van der Waals surface area contributed by atoms with Crippen molar-refractivity contribution < 1.29 is 24.9 Å². The molecule has 0 bridgehead atoms. The molecule has 0 saturated heterocycles. The topological polar surface area (TPSA) is 94.8 Å². The minimum atomic E-state index is -1.22. The summed E-state index contributed by atoms with van der Waals surface area (Å²) < 4.78 is 0. The monoisotopic (exact) mass is 320 g/mol. The van der Waals surface area contributed by atoms with Gasteiger partial charge >= 0.3 is 11.9 Å². The van der Waals surface area contributed by atoms with Gasteiger partial charge in [0.25, 0.3) is 0 Å². The van der Waals surface area contributed by atoms with E-state index in [0.717, 1.165) is 12.0 Å². The highest BCUT2D eigenvalue weighted by Crippen LogP contribution is 2.56. The van der Waals surface area contributed by atoms with E-state index in [4.69, 9.17) is 0 Å². The van der Waals surface area contributed by atoms with Crippen LogP contribution in [0.4, 0.5) is 0 Å². The molecule has 1 aliphatic carbocycles. The van der Waals surface area contributed by atoms with Crippen molar-refractivity contribution in [3.8, 4) is 5.75 Å². The average Bonchev–Trinajstić information content (AvgIpc) is 2.76. The summed E-state index contributed by atoms with van der Waals surface area (Å²) in [6.07, 6.45) is 1.24. The number of rotatable bonds is 4. The fraction of sp³-hybridized carbons (Fsp3) is 0.556. The van der Waals surface area contributed by atoms with Crippen LogP contribution in [0.25, 0.3) is 0 Å². The summed E-state index contributed by atoms with van der Waals surface area (Å²) in [5, 5.41) is 29.4. The van der Waals surface area contributed by atoms with Crippen LogP contribution in [0.2, 0.25) is 0 Å². The van der Waals surface area contributed by atoms with Gasteiger partial charge in [0.05, 0.1) is 5.41 Å². The predicted molar refractivity (Wildman–Crippen MR) is 85.8 cm³/mol. The van der Waals surface area contributed by atoms with Crippen molar-refractivity contribution in [1.29, 1.82) is 0 Å². The fourth-order valence-electron chi connectivity index (χ4n) is 4.07. The zero-order chi connectivity index (χ0) is 17.5. The Labute approximate surface area is 136 Å². The molecule has 0 amide bonds. The molecule has 0 unspecified atom stereocenters. The van der Waals surface area contributed by atoms with E-state index in [1.807, 2.05) is 13.8 Å². The number of aromatic carboxylic acids is 1. The summed E-state index contributed by atoms with van der Waals surface area (Å²) in [7, 11) is 0. The lowest BCUT2D eigenvalue weighted by Gasteiger charge is -2.34. The third-order valence-corrected chi connectivity index (χ3v) is 5.30. The van der Waals surface area contributed by atoms with Crippen LogP contribution in [0.1, 0.15) is 61.0 Å². The maximum Gasteiger partial charge on any atom is 0.339 e. The second-order valence-electron chi connectivity index (χ2n) is 7.20. The van der Waals surface area contributed by atoms with Crippen molar-refractivity contribution in [2.45, 2.75) is 46.5 Å². The van der Waals surface area contributed by atoms with E-state index >= 15 is 0 Å². The molecule has 1 aromatic carbocycles. The summed E-state index contributed by atoms with van der Waals surface area (Å²) >= 11 is 0. The zero-order valence-electron chi connectivity index (χ0n) is 14.0. The van der Waals surface area contributed by atoms with E-state index in [9.17, 15) is 24.9 Å². The molecule has 1 aliphatic rings. The molecule has 1 aromatic rings. The Bertz CT molecular complexity index is 649. The minimum absolute atomic E-state index is 0.0652. The highest BCUT2D eigenvalue weighted by Gasteiger charge is 2.52. The largest absolute Gasteiger partial charge is 0.507 e. The second-order valence-corrected chi connectivity index (χ2v) is 7.20. The average molecular weight is 320 g/mol. The van der Waals surface area contributed by atoms with Gasteiger partial charge in [0.2, 0.25) is 0 Å². The summed E-state index contributed by atoms with van der Waals surface area (Å²) in [5.41, 5.74) is -0.0271. The van der Waals surface area contributed by atoms with Crippen LogP contribution in [0, 0.1) is 24.2 Å². The number of aromatic hydroxyl groups is 1. The number of hydrogen-bond donors (Lipinski definition) is 3. The van der Waals surface area contributed by atoms with E-state index in [1.165, 1.54) is 6.07 Å². The minimum Gasteiger partial charge on any atom is -0.507 e. The van der Waals surface area contributed by atoms with Gasteiger partial charge in [-0.25, -0.2) is 4.79 Å². The first-order chi connectivity index (χ1) is 10.6. The molecule has 5 nitrogen and oxygen atoms in total.